The van der Waals surface area contributed by atoms with Gasteiger partial charge in [0, 0.05) is 12.1 Å². The summed E-state index contributed by atoms with van der Waals surface area (Å²) in [5.41, 5.74) is 2.47. The van der Waals surface area contributed by atoms with Crippen LogP contribution in [-0.2, 0) is 4.84 Å². The molecule has 0 spiro atoms. The third-order valence-electron chi connectivity index (χ3n) is 3.50. The second-order valence-electron chi connectivity index (χ2n) is 5.74. The molecule has 0 radical (unpaired) electrons. The topological polar surface area (TPSA) is 54.3 Å². The Morgan fingerprint density at radius 3 is 2.52 bits per heavy atom. The molecule has 2 aromatic rings. The van der Waals surface area contributed by atoms with E-state index in [1.807, 2.05) is 67.5 Å². The molecule has 132 valence electrons. The number of phenolic OH excluding ortho intramolecular Hbond substituents is 1. The molecule has 0 aliphatic rings. The highest BCUT2D eigenvalue weighted by molar-refractivity contribution is 6.12. The molecule has 0 aliphatic heterocycles. The monoisotopic (exact) mass is 340 g/mol. The predicted octanol–water partition coefficient (Wildman–Crippen LogP) is 3.40. The van der Waals surface area contributed by atoms with Crippen LogP contribution in [0.5, 0.6) is 11.5 Å². The molecule has 0 amide bonds. The molecule has 0 heterocycles. The zero-order chi connectivity index (χ0) is 18.1. The number of hydrogen-bond donors (Lipinski definition) is 1. The van der Waals surface area contributed by atoms with Crippen LogP contribution in [0.1, 0.15) is 11.1 Å². The number of phenols is 1. The summed E-state index contributed by atoms with van der Waals surface area (Å²) >= 11 is 0. The van der Waals surface area contributed by atoms with Crippen molar-refractivity contribution in [2.45, 2.75) is 0 Å². The van der Waals surface area contributed by atoms with Crippen LogP contribution in [-0.4, -0.2) is 50.1 Å². The van der Waals surface area contributed by atoms with Crippen LogP contribution in [0.4, 0.5) is 0 Å². The smallest absolute Gasteiger partial charge is 0.129 e. The first-order chi connectivity index (χ1) is 12.1. The number of ether oxygens (including phenoxy) is 1. The summed E-state index contributed by atoms with van der Waals surface area (Å²) in [6.07, 6.45) is 3.79. The van der Waals surface area contributed by atoms with E-state index in [0.717, 1.165) is 23.4 Å². The molecular formula is C20H24N2O3. The molecule has 0 unspecified atom stereocenters. The molecule has 0 atom stereocenters. The Hall–Kier alpha value is -2.79. The molecule has 0 aliphatic carbocycles. The molecule has 5 heteroatoms. The lowest BCUT2D eigenvalue weighted by molar-refractivity contribution is 0.126. The fourth-order valence-electron chi connectivity index (χ4n) is 2.12. The molecule has 2 aromatic carbocycles. The van der Waals surface area contributed by atoms with Gasteiger partial charge in [0.25, 0.3) is 0 Å². The number of rotatable bonds is 8. The Kier molecular flexibility index (Phi) is 7.04. The van der Waals surface area contributed by atoms with Gasteiger partial charge in [0.05, 0.1) is 7.11 Å². The van der Waals surface area contributed by atoms with E-state index < -0.39 is 0 Å². The molecule has 0 aromatic heterocycles. The van der Waals surface area contributed by atoms with E-state index in [-0.39, 0.29) is 5.75 Å². The lowest BCUT2D eigenvalue weighted by Crippen LogP contribution is -2.17. The number of hydrogen-bond acceptors (Lipinski definition) is 5. The van der Waals surface area contributed by atoms with Crippen molar-refractivity contribution in [3.8, 4) is 11.5 Å². The van der Waals surface area contributed by atoms with Gasteiger partial charge in [-0.1, -0.05) is 35.5 Å². The first-order valence-corrected chi connectivity index (χ1v) is 8.05. The quantitative estimate of drug-likeness (QED) is 0.455. The fourth-order valence-corrected chi connectivity index (χ4v) is 2.12. The van der Waals surface area contributed by atoms with Crippen LogP contribution in [0.3, 0.4) is 0 Å². The minimum absolute atomic E-state index is 0.239. The van der Waals surface area contributed by atoms with Gasteiger partial charge in [0.2, 0.25) is 0 Å². The minimum atomic E-state index is 0.239. The van der Waals surface area contributed by atoms with Crippen molar-refractivity contribution in [1.82, 2.24) is 4.90 Å². The van der Waals surface area contributed by atoms with Gasteiger partial charge in [-0.05, 0) is 50.0 Å². The summed E-state index contributed by atoms with van der Waals surface area (Å²) in [6.45, 7) is 1.28. The van der Waals surface area contributed by atoms with Gasteiger partial charge in [-0.3, -0.25) is 0 Å². The molecule has 25 heavy (non-hydrogen) atoms. The Morgan fingerprint density at radius 2 is 1.84 bits per heavy atom. The van der Waals surface area contributed by atoms with Gasteiger partial charge in [-0.2, -0.15) is 0 Å². The Bertz CT molecular complexity index is 722. The third kappa shape index (κ3) is 5.97. The normalized spacial score (nSPS) is 11.9. The van der Waals surface area contributed by atoms with Crippen molar-refractivity contribution in [2.24, 2.45) is 5.16 Å². The maximum atomic E-state index is 9.38. The van der Waals surface area contributed by atoms with Crippen LogP contribution in [0.25, 0.3) is 6.08 Å². The van der Waals surface area contributed by atoms with Crippen LogP contribution >= 0.6 is 0 Å². The van der Waals surface area contributed by atoms with Gasteiger partial charge < -0.3 is 19.6 Å². The van der Waals surface area contributed by atoms with Crippen molar-refractivity contribution in [3.05, 3.63) is 65.7 Å². The minimum Gasteiger partial charge on any atom is -0.508 e. The van der Waals surface area contributed by atoms with Gasteiger partial charge in [-0.25, -0.2) is 0 Å². The molecule has 0 saturated carbocycles. The highest BCUT2D eigenvalue weighted by Crippen LogP contribution is 2.20. The fraction of sp³-hybridized carbons (Fsp3) is 0.250. The Morgan fingerprint density at radius 1 is 1.12 bits per heavy atom. The van der Waals surface area contributed by atoms with Crippen molar-refractivity contribution in [1.29, 1.82) is 0 Å². The van der Waals surface area contributed by atoms with Gasteiger partial charge in [0.1, 0.15) is 23.8 Å². The van der Waals surface area contributed by atoms with E-state index in [9.17, 15) is 5.11 Å². The summed E-state index contributed by atoms with van der Waals surface area (Å²) < 4.78 is 5.43. The van der Waals surface area contributed by atoms with E-state index in [1.165, 1.54) is 0 Å². The standard InChI is InChI=1S/C20H24N2O3/c1-22(2)14-15-25-21-19(18-6-4-5-7-20(18)24-3)13-10-16-8-11-17(23)12-9-16/h4-13,23H,14-15H2,1-3H3. The zero-order valence-electron chi connectivity index (χ0n) is 14.8. The second kappa shape index (κ2) is 9.49. The van der Waals surface area contributed by atoms with E-state index >= 15 is 0 Å². The number of likely N-dealkylation sites (N-methyl/N-ethyl adjacent to an activating group) is 1. The zero-order valence-corrected chi connectivity index (χ0v) is 14.8. The summed E-state index contributed by atoms with van der Waals surface area (Å²) in [7, 11) is 5.60. The van der Waals surface area contributed by atoms with Crippen molar-refractivity contribution in [2.75, 3.05) is 34.4 Å². The number of aromatic hydroxyl groups is 1. The largest absolute Gasteiger partial charge is 0.508 e. The highest BCUT2D eigenvalue weighted by Gasteiger charge is 2.08. The summed E-state index contributed by atoms with van der Waals surface area (Å²) in [6, 6.07) is 14.6. The van der Waals surface area contributed by atoms with Crippen LogP contribution in [0, 0.1) is 0 Å². The third-order valence-corrected chi connectivity index (χ3v) is 3.50. The molecule has 2 rings (SSSR count). The number of nitrogens with zero attached hydrogens (tertiary/aromatic N) is 2. The lowest BCUT2D eigenvalue weighted by Gasteiger charge is -2.10. The van der Waals surface area contributed by atoms with Gasteiger partial charge in [0.15, 0.2) is 0 Å². The summed E-state index contributed by atoms with van der Waals surface area (Å²) in [4.78, 5) is 7.50. The predicted molar refractivity (Wildman–Crippen MR) is 101 cm³/mol. The molecule has 1 N–H and O–H groups in total. The summed E-state index contributed by atoms with van der Waals surface area (Å²) in [5, 5.41) is 13.7. The molecule has 5 nitrogen and oxygen atoms in total. The van der Waals surface area contributed by atoms with Crippen molar-refractivity contribution < 1.29 is 14.7 Å². The van der Waals surface area contributed by atoms with Crippen molar-refractivity contribution >= 4 is 11.8 Å². The number of oxime groups is 1. The number of allylic oxidation sites excluding steroid dienone is 1. The first kappa shape index (κ1) is 18.5. The SMILES string of the molecule is COc1ccccc1C(C=Cc1ccc(O)cc1)=NOCCN(C)C. The number of para-hydroxylation sites is 1. The van der Waals surface area contributed by atoms with E-state index in [4.69, 9.17) is 9.57 Å². The molecule has 0 saturated heterocycles. The average molecular weight is 340 g/mol. The highest BCUT2D eigenvalue weighted by atomic mass is 16.6. The van der Waals surface area contributed by atoms with Gasteiger partial charge in [-0.15, -0.1) is 0 Å². The maximum absolute atomic E-state index is 9.38. The molecule has 0 fully saturated rings. The summed E-state index contributed by atoms with van der Waals surface area (Å²) in [5.74, 6) is 0.968. The van der Waals surface area contributed by atoms with Gasteiger partial charge >= 0.3 is 0 Å². The number of methoxy groups -OCH3 is 1. The Labute approximate surface area is 148 Å². The van der Waals surface area contributed by atoms with E-state index in [0.29, 0.717) is 12.3 Å². The van der Waals surface area contributed by atoms with E-state index in [1.54, 1.807) is 19.2 Å². The van der Waals surface area contributed by atoms with Crippen molar-refractivity contribution in [3.63, 3.8) is 0 Å². The first-order valence-electron chi connectivity index (χ1n) is 8.05. The van der Waals surface area contributed by atoms with Crippen LogP contribution < -0.4 is 4.74 Å². The second-order valence-corrected chi connectivity index (χ2v) is 5.74. The Balaban J connectivity index is 2.25. The molecular weight excluding hydrogens is 316 g/mol. The van der Waals surface area contributed by atoms with Crippen LogP contribution in [0.15, 0.2) is 59.8 Å². The maximum Gasteiger partial charge on any atom is 0.129 e. The number of benzene rings is 2. The lowest BCUT2D eigenvalue weighted by atomic mass is 10.1. The molecule has 0 bridgehead atoms. The average Bonchev–Trinajstić information content (AvgIpc) is 2.62. The van der Waals surface area contributed by atoms with Crippen LogP contribution in [0.2, 0.25) is 0 Å². The van der Waals surface area contributed by atoms with E-state index in [2.05, 4.69) is 5.16 Å².